The van der Waals surface area contributed by atoms with Gasteiger partial charge in [0.2, 0.25) is 17.7 Å². The number of hydrogen-bond donors (Lipinski definition) is 1. The van der Waals surface area contributed by atoms with E-state index in [2.05, 4.69) is 15.2 Å². The Morgan fingerprint density at radius 1 is 0.912 bits per heavy atom. The minimum Gasteiger partial charge on any atom is -0.496 e. The number of nitrogens with one attached hydrogen (secondary N) is 1. The third-order valence-corrected chi connectivity index (χ3v) is 12.2. The van der Waals surface area contributed by atoms with Crippen molar-refractivity contribution in [3.05, 3.63) is 82.0 Å². The van der Waals surface area contributed by atoms with Gasteiger partial charge in [0, 0.05) is 82.2 Å². The van der Waals surface area contributed by atoms with Gasteiger partial charge in [-0.3, -0.25) is 48.9 Å². The van der Waals surface area contributed by atoms with Crippen LogP contribution < -0.4 is 25.1 Å². The van der Waals surface area contributed by atoms with Crippen molar-refractivity contribution in [3.8, 4) is 28.4 Å². The average molecular weight is 775 g/mol. The number of methoxy groups -OCH3 is 2. The van der Waals surface area contributed by atoms with Crippen LogP contribution in [0.5, 0.6) is 17.2 Å². The number of aryl methyl sites for hydroxylation is 1. The molecule has 2 aromatic heterocycles. The Morgan fingerprint density at radius 2 is 1.63 bits per heavy atom. The summed E-state index contributed by atoms with van der Waals surface area (Å²) in [5, 5.41) is 3.55. The van der Waals surface area contributed by atoms with Crippen LogP contribution in [0.3, 0.4) is 0 Å². The topological polar surface area (TPSA) is 170 Å². The molecule has 1 atom stereocenters. The normalized spacial score (nSPS) is 20.6. The first kappa shape index (κ1) is 36.5. The first-order valence-corrected chi connectivity index (χ1v) is 19.2. The predicted molar refractivity (Wildman–Crippen MR) is 205 cm³/mol. The zero-order valence-electron chi connectivity index (χ0n) is 31.9. The SMILES string of the molecule is COc1cc(-c2cn(C)c(=O)c3cnccc23)cc(OC)c1CN1CC(CC(=O)N2CC3(CC(Oc4ccc5c(c4)C(=O)N(C4CCC(=O)NC4=O)C5=O)C3)C2)C1. The minimum atomic E-state index is -1.02. The van der Waals surface area contributed by atoms with Crippen LogP contribution in [0.4, 0.5) is 0 Å². The number of amides is 5. The highest BCUT2D eigenvalue weighted by atomic mass is 16.5. The van der Waals surface area contributed by atoms with Gasteiger partial charge in [-0.05, 0) is 72.5 Å². The lowest BCUT2D eigenvalue weighted by molar-refractivity contribution is -0.162. The second-order valence-corrected chi connectivity index (χ2v) is 16.1. The molecule has 1 aliphatic carbocycles. The number of rotatable bonds is 10. The number of nitrogens with zero attached hydrogens (tertiary/aromatic N) is 5. The summed E-state index contributed by atoms with van der Waals surface area (Å²) in [5.41, 5.74) is 2.97. The Hall–Kier alpha value is -6.09. The van der Waals surface area contributed by atoms with Crippen LogP contribution in [-0.2, 0) is 28.0 Å². The number of ether oxygens (including phenoxy) is 3. The van der Waals surface area contributed by atoms with E-state index >= 15 is 0 Å². The van der Waals surface area contributed by atoms with Crippen molar-refractivity contribution < 1.29 is 38.2 Å². The number of fused-ring (bicyclic) bond motifs is 2. The van der Waals surface area contributed by atoms with Gasteiger partial charge in [0.05, 0.1) is 36.3 Å². The number of likely N-dealkylation sites (tertiary alicyclic amines) is 2. The number of aromatic nitrogens is 2. The molecule has 1 spiro atoms. The number of piperidine rings is 1. The molecule has 9 rings (SSSR count). The molecule has 4 aromatic rings. The van der Waals surface area contributed by atoms with E-state index in [4.69, 9.17) is 14.2 Å². The van der Waals surface area contributed by atoms with Gasteiger partial charge in [-0.25, -0.2) is 0 Å². The fourth-order valence-corrected chi connectivity index (χ4v) is 9.28. The van der Waals surface area contributed by atoms with Crippen molar-refractivity contribution in [3.63, 3.8) is 0 Å². The van der Waals surface area contributed by atoms with Crippen LogP contribution >= 0.6 is 0 Å². The average Bonchev–Trinajstić information content (AvgIpc) is 3.40. The molecule has 0 radical (unpaired) electrons. The molecule has 57 heavy (non-hydrogen) atoms. The van der Waals surface area contributed by atoms with E-state index in [1.54, 1.807) is 56.4 Å². The second kappa shape index (κ2) is 13.8. The zero-order valence-corrected chi connectivity index (χ0v) is 31.9. The van der Waals surface area contributed by atoms with Crippen LogP contribution in [-0.4, -0.2) is 106 Å². The number of pyridine rings is 2. The summed E-state index contributed by atoms with van der Waals surface area (Å²) in [6.45, 7) is 3.57. The lowest BCUT2D eigenvalue weighted by Crippen LogP contribution is -2.66. The summed E-state index contributed by atoms with van der Waals surface area (Å²) in [7, 11) is 5.00. The smallest absolute Gasteiger partial charge is 0.262 e. The maximum Gasteiger partial charge on any atom is 0.262 e. The fourth-order valence-electron chi connectivity index (χ4n) is 9.28. The van der Waals surface area contributed by atoms with Gasteiger partial charge < -0.3 is 23.7 Å². The molecule has 1 saturated carbocycles. The Balaban J connectivity index is 0.757. The molecule has 4 aliphatic heterocycles. The van der Waals surface area contributed by atoms with Crippen molar-refractivity contribution in [1.29, 1.82) is 0 Å². The van der Waals surface area contributed by atoms with Gasteiger partial charge in [0.25, 0.3) is 17.4 Å². The van der Waals surface area contributed by atoms with E-state index in [9.17, 15) is 28.8 Å². The highest BCUT2D eigenvalue weighted by Gasteiger charge is 2.55. The zero-order chi connectivity index (χ0) is 39.7. The third kappa shape index (κ3) is 6.29. The van der Waals surface area contributed by atoms with E-state index in [0.717, 1.165) is 52.9 Å². The van der Waals surface area contributed by atoms with Crippen molar-refractivity contribution in [2.24, 2.45) is 18.4 Å². The fraction of sp³-hybridized carbons (Fsp3) is 0.405. The number of imide groups is 2. The number of hydrogen-bond acceptors (Lipinski definition) is 11. The van der Waals surface area contributed by atoms with Gasteiger partial charge in [-0.15, -0.1) is 0 Å². The third-order valence-electron chi connectivity index (χ3n) is 12.2. The van der Waals surface area contributed by atoms with E-state index in [1.807, 2.05) is 29.3 Å². The van der Waals surface area contributed by atoms with Crippen molar-refractivity contribution in [2.75, 3.05) is 40.4 Å². The largest absolute Gasteiger partial charge is 0.496 e. The Kier molecular flexibility index (Phi) is 8.87. The summed E-state index contributed by atoms with van der Waals surface area (Å²) < 4.78 is 19.5. The molecule has 6 heterocycles. The molecule has 15 heteroatoms. The number of carbonyl (C=O) groups is 5. The standard InChI is InChI=1S/C42H42N6O9/c1-45-19-31(27-8-9-43-16-30(27)39(45)52)24-11-34(55-2)32(35(12-24)56-3)20-46-17-23(18-46)10-37(50)47-21-42(22-47)14-26(15-42)57-25-4-5-28-29(13-25)41(54)48(40(28)53)33-6-7-36(49)44-38(33)51/h4-5,8-9,11-13,16,19,23,26,33H,6-7,10,14-15,17-18,20-22H2,1-3H3,(H,44,49,51). The lowest BCUT2D eigenvalue weighted by atomic mass is 9.61. The van der Waals surface area contributed by atoms with Crippen molar-refractivity contribution >= 4 is 40.3 Å². The first-order chi connectivity index (χ1) is 27.4. The number of benzene rings is 2. The molecular weight excluding hydrogens is 732 g/mol. The molecule has 294 valence electrons. The van der Waals surface area contributed by atoms with Crippen LogP contribution in [0.2, 0.25) is 0 Å². The molecule has 1 N–H and O–H groups in total. The predicted octanol–water partition coefficient (Wildman–Crippen LogP) is 2.91. The highest BCUT2D eigenvalue weighted by molar-refractivity contribution is 6.23. The van der Waals surface area contributed by atoms with Crippen molar-refractivity contribution in [1.82, 2.24) is 29.6 Å². The van der Waals surface area contributed by atoms with Gasteiger partial charge in [-0.2, -0.15) is 0 Å². The van der Waals surface area contributed by atoms with Crippen LogP contribution in [0.1, 0.15) is 58.4 Å². The lowest BCUT2D eigenvalue weighted by Gasteiger charge is -2.58. The van der Waals surface area contributed by atoms with E-state index in [-0.39, 0.29) is 52.9 Å². The molecule has 5 aliphatic rings. The summed E-state index contributed by atoms with van der Waals surface area (Å²) in [6, 6.07) is 9.55. The summed E-state index contributed by atoms with van der Waals surface area (Å²) in [4.78, 5) is 85.5. The monoisotopic (exact) mass is 774 g/mol. The Bertz CT molecular complexity index is 2420. The Morgan fingerprint density at radius 3 is 2.33 bits per heavy atom. The van der Waals surface area contributed by atoms with Gasteiger partial charge >= 0.3 is 0 Å². The van der Waals surface area contributed by atoms with E-state index in [1.165, 1.54) is 0 Å². The maximum absolute atomic E-state index is 13.3. The minimum absolute atomic E-state index is 0.0356. The quantitative estimate of drug-likeness (QED) is 0.235. The van der Waals surface area contributed by atoms with Gasteiger partial charge in [0.1, 0.15) is 29.4 Å². The molecule has 15 nitrogen and oxygen atoms in total. The molecule has 1 unspecified atom stereocenters. The van der Waals surface area contributed by atoms with E-state index < -0.39 is 29.7 Å². The van der Waals surface area contributed by atoms with Crippen LogP contribution in [0, 0.1) is 11.3 Å². The van der Waals surface area contributed by atoms with Gasteiger partial charge in [0.15, 0.2) is 0 Å². The maximum atomic E-state index is 13.3. The molecular formula is C42H42N6O9. The van der Waals surface area contributed by atoms with Crippen LogP contribution in [0.25, 0.3) is 21.9 Å². The molecule has 0 bridgehead atoms. The number of carbonyl (C=O) groups excluding carboxylic acids is 5. The van der Waals surface area contributed by atoms with Crippen LogP contribution in [0.15, 0.2) is 59.8 Å². The summed E-state index contributed by atoms with van der Waals surface area (Å²) in [5.74, 6) is 0.0859. The first-order valence-electron chi connectivity index (χ1n) is 19.2. The molecule has 3 saturated heterocycles. The van der Waals surface area contributed by atoms with Gasteiger partial charge in [-0.1, -0.05) is 0 Å². The van der Waals surface area contributed by atoms with E-state index in [0.29, 0.717) is 48.7 Å². The molecule has 5 amide bonds. The summed E-state index contributed by atoms with van der Waals surface area (Å²) >= 11 is 0. The highest BCUT2D eigenvalue weighted by Crippen LogP contribution is 2.50. The van der Waals surface area contributed by atoms with Crippen molar-refractivity contribution in [2.45, 2.75) is 50.8 Å². The molecule has 4 fully saturated rings. The Labute approximate surface area is 327 Å². The molecule has 2 aromatic carbocycles. The second-order valence-electron chi connectivity index (χ2n) is 16.1. The summed E-state index contributed by atoms with van der Waals surface area (Å²) in [6.07, 6.45) is 7.25.